The van der Waals surface area contributed by atoms with Gasteiger partial charge in [-0.25, -0.2) is 9.59 Å². The van der Waals surface area contributed by atoms with Crippen molar-refractivity contribution in [1.29, 1.82) is 0 Å². The van der Waals surface area contributed by atoms with Crippen LogP contribution < -0.4 is 15.4 Å². The number of rotatable bonds is 6. The van der Waals surface area contributed by atoms with Gasteiger partial charge in [-0.2, -0.15) is 0 Å². The summed E-state index contributed by atoms with van der Waals surface area (Å²) in [5.74, 6) is 0.121. The van der Waals surface area contributed by atoms with Crippen LogP contribution in [0.25, 0.3) is 0 Å². The first kappa shape index (κ1) is 22.0. The summed E-state index contributed by atoms with van der Waals surface area (Å²) in [7, 11) is 0. The molecule has 3 rings (SSSR count). The van der Waals surface area contributed by atoms with Gasteiger partial charge < -0.3 is 20.1 Å². The molecule has 1 heterocycles. The molecule has 158 valence electrons. The Labute approximate surface area is 185 Å². The van der Waals surface area contributed by atoms with Crippen molar-refractivity contribution in [3.05, 3.63) is 74.9 Å². The van der Waals surface area contributed by atoms with Crippen molar-refractivity contribution in [3.63, 3.8) is 0 Å². The van der Waals surface area contributed by atoms with Crippen LogP contribution >= 0.6 is 23.2 Å². The zero-order valence-electron chi connectivity index (χ0n) is 16.8. The molecule has 0 saturated carbocycles. The van der Waals surface area contributed by atoms with Crippen LogP contribution in [-0.2, 0) is 16.1 Å². The van der Waals surface area contributed by atoms with Gasteiger partial charge in [0, 0.05) is 21.3 Å². The second-order valence-corrected chi connectivity index (χ2v) is 7.90. The molecule has 2 N–H and O–H groups in total. The number of nitrogens with one attached hydrogen (secondary N) is 2. The minimum atomic E-state index is -0.628. The van der Waals surface area contributed by atoms with E-state index in [0.29, 0.717) is 32.6 Å². The van der Waals surface area contributed by atoms with Crippen molar-refractivity contribution >= 4 is 35.2 Å². The average molecular weight is 449 g/mol. The van der Waals surface area contributed by atoms with E-state index in [0.717, 1.165) is 5.56 Å². The van der Waals surface area contributed by atoms with Gasteiger partial charge in [-0.15, -0.1) is 0 Å². The molecule has 1 aliphatic heterocycles. The first-order chi connectivity index (χ1) is 14.3. The Hall–Kier alpha value is -2.70. The third-order valence-corrected chi connectivity index (χ3v) is 5.20. The van der Waals surface area contributed by atoms with Gasteiger partial charge in [-0.05, 0) is 50.6 Å². The molecule has 0 aromatic heterocycles. The second-order valence-electron chi connectivity index (χ2n) is 7.08. The van der Waals surface area contributed by atoms with Crippen molar-refractivity contribution in [2.45, 2.75) is 39.5 Å². The first-order valence-electron chi connectivity index (χ1n) is 9.41. The third-order valence-electron chi connectivity index (χ3n) is 4.49. The minimum absolute atomic E-state index is 0.215. The number of benzene rings is 2. The van der Waals surface area contributed by atoms with Gasteiger partial charge in [0.2, 0.25) is 0 Å². The molecule has 0 bridgehead atoms. The number of hydrogen-bond acceptors (Lipinski definition) is 4. The number of carbonyl (C=O) groups is 2. The number of halogens is 2. The van der Waals surface area contributed by atoms with Gasteiger partial charge in [0.25, 0.3) is 0 Å². The van der Waals surface area contributed by atoms with Gasteiger partial charge in [-0.1, -0.05) is 41.4 Å². The standard InChI is InChI=1S/C22H22Cl2N2O4/c1-12(2)30-21(27)19-13(3)25-22(28)26-20(19)14-7-9-15(10-8-14)29-11-16-17(23)5-4-6-18(16)24/h4-10,12,20H,11H2,1-3H3,(H2,25,26,28). The Kier molecular flexibility index (Phi) is 6.90. The van der Waals surface area contributed by atoms with E-state index in [-0.39, 0.29) is 18.7 Å². The molecule has 6 nitrogen and oxygen atoms in total. The molecule has 2 aromatic rings. The normalized spacial score (nSPS) is 16.2. The molecule has 0 aliphatic carbocycles. The summed E-state index contributed by atoms with van der Waals surface area (Å²) in [6.07, 6.45) is -0.275. The summed E-state index contributed by atoms with van der Waals surface area (Å²) < 4.78 is 11.1. The van der Waals surface area contributed by atoms with E-state index in [1.54, 1.807) is 63.2 Å². The Bertz CT molecular complexity index is 967. The topological polar surface area (TPSA) is 76.7 Å². The Morgan fingerprint density at radius 2 is 1.73 bits per heavy atom. The van der Waals surface area contributed by atoms with Crippen LogP contribution in [0.15, 0.2) is 53.7 Å². The maximum atomic E-state index is 12.6. The van der Waals surface area contributed by atoms with Gasteiger partial charge >= 0.3 is 12.0 Å². The highest BCUT2D eigenvalue weighted by Gasteiger charge is 2.32. The van der Waals surface area contributed by atoms with Crippen LogP contribution in [0.4, 0.5) is 4.79 Å². The predicted molar refractivity (Wildman–Crippen MR) is 116 cm³/mol. The summed E-state index contributed by atoms with van der Waals surface area (Å²) in [5, 5.41) is 6.46. The van der Waals surface area contributed by atoms with E-state index in [2.05, 4.69) is 10.6 Å². The van der Waals surface area contributed by atoms with Crippen molar-refractivity contribution in [2.24, 2.45) is 0 Å². The highest BCUT2D eigenvalue weighted by Crippen LogP contribution is 2.30. The SMILES string of the molecule is CC1=C(C(=O)OC(C)C)C(c2ccc(OCc3c(Cl)cccc3Cl)cc2)NC(=O)N1. The molecule has 8 heteroatoms. The minimum Gasteiger partial charge on any atom is -0.489 e. The summed E-state index contributed by atoms with van der Waals surface area (Å²) in [6, 6.07) is 11.4. The fourth-order valence-corrected chi connectivity index (χ4v) is 3.58. The summed E-state index contributed by atoms with van der Waals surface area (Å²) in [5.41, 5.74) is 2.25. The molecule has 0 fully saturated rings. The number of esters is 1. The maximum absolute atomic E-state index is 12.6. The van der Waals surface area contributed by atoms with Gasteiger partial charge in [-0.3, -0.25) is 0 Å². The van der Waals surface area contributed by atoms with E-state index >= 15 is 0 Å². The molecular formula is C22H22Cl2N2O4. The number of amides is 2. The van der Waals surface area contributed by atoms with Crippen LogP contribution in [0, 0.1) is 0 Å². The van der Waals surface area contributed by atoms with E-state index in [1.165, 1.54) is 0 Å². The van der Waals surface area contributed by atoms with Crippen molar-refractivity contribution in [2.75, 3.05) is 0 Å². The lowest BCUT2D eigenvalue weighted by molar-refractivity contribution is -0.143. The molecule has 1 atom stereocenters. The smallest absolute Gasteiger partial charge is 0.338 e. The van der Waals surface area contributed by atoms with E-state index in [1.807, 2.05) is 0 Å². The zero-order chi connectivity index (χ0) is 21.8. The van der Waals surface area contributed by atoms with Crippen LogP contribution in [0.1, 0.15) is 37.9 Å². The third kappa shape index (κ3) is 5.07. The predicted octanol–water partition coefficient (Wildman–Crippen LogP) is 5.15. The number of hydrogen-bond donors (Lipinski definition) is 2. The summed E-state index contributed by atoms with van der Waals surface area (Å²) in [4.78, 5) is 24.6. The molecule has 30 heavy (non-hydrogen) atoms. The first-order valence-corrected chi connectivity index (χ1v) is 10.2. The van der Waals surface area contributed by atoms with Gasteiger partial charge in [0.15, 0.2) is 0 Å². The lowest BCUT2D eigenvalue weighted by Crippen LogP contribution is -2.45. The number of ether oxygens (including phenoxy) is 2. The molecular weight excluding hydrogens is 427 g/mol. The molecule has 0 saturated heterocycles. The Morgan fingerprint density at radius 3 is 2.33 bits per heavy atom. The molecule has 1 unspecified atom stereocenters. The van der Waals surface area contributed by atoms with Crippen LogP contribution in [-0.4, -0.2) is 18.1 Å². The fraction of sp³-hybridized carbons (Fsp3) is 0.273. The van der Waals surface area contributed by atoms with E-state index < -0.39 is 12.0 Å². The highest BCUT2D eigenvalue weighted by molar-refractivity contribution is 6.35. The molecule has 2 amide bonds. The van der Waals surface area contributed by atoms with E-state index in [9.17, 15) is 9.59 Å². The van der Waals surface area contributed by atoms with Gasteiger partial charge in [0.1, 0.15) is 12.4 Å². The molecule has 0 spiro atoms. The quantitative estimate of drug-likeness (QED) is 0.598. The maximum Gasteiger partial charge on any atom is 0.338 e. The lowest BCUT2D eigenvalue weighted by atomic mass is 9.95. The summed E-state index contributed by atoms with van der Waals surface area (Å²) >= 11 is 12.3. The number of allylic oxidation sites excluding steroid dienone is 1. The average Bonchev–Trinajstić information content (AvgIpc) is 2.66. The lowest BCUT2D eigenvalue weighted by Gasteiger charge is -2.28. The molecule has 1 aliphatic rings. The summed E-state index contributed by atoms with van der Waals surface area (Å²) in [6.45, 7) is 5.43. The molecule has 2 aromatic carbocycles. The van der Waals surface area contributed by atoms with Crippen molar-refractivity contribution < 1.29 is 19.1 Å². The number of carbonyl (C=O) groups excluding carboxylic acids is 2. The fourth-order valence-electron chi connectivity index (χ4n) is 3.07. The Morgan fingerprint density at radius 1 is 1.10 bits per heavy atom. The highest BCUT2D eigenvalue weighted by atomic mass is 35.5. The number of urea groups is 1. The van der Waals surface area contributed by atoms with Crippen LogP contribution in [0.3, 0.4) is 0 Å². The second kappa shape index (κ2) is 9.41. The van der Waals surface area contributed by atoms with Crippen molar-refractivity contribution in [1.82, 2.24) is 10.6 Å². The van der Waals surface area contributed by atoms with Crippen LogP contribution in [0.5, 0.6) is 5.75 Å². The zero-order valence-corrected chi connectivity index (χ0v) is 18.3. The van der Waals surface area contributed by atoms with E-state index in [4.69, 9.17) is 32.7 Å². The van der Waals surface area contributed by atoms with Gasteiger partial charge in [0.05, 0.1) is 17.7 Å². The Balaban J connectivity index is 1.79. The molecule has 0 radical (unpaired) electrons. The largest absolute Gasteiger partial charge is 0.489 e. The van der Waals surface area contributed by atoms with Crippen molar-refractivity contribution in [3.8, 4) is 5.75 Å². The van der Waals surface area contributed by atoms with Crippen LogP contribution in [0.2, 0.25) is 10.0 Å². The monoisotopic (exact) mass is 448 g/mol.